The SMILES string of the molecule is NS(=O)(=O)Cc1ccc(NC(=O)CNC(=O)c2sc3ccccc3c2Cl)cc1. The summed E-state index contributed by atoms with van der Waals surface area (Å²) in [7, 11) is -3.62. The van der Waals surface area contributed by atoms with Crippen molar-refractivity contribution in [1.29, 1.82) is 0 Å². The maximum Gasteiger partial charge on any atom is 0.263 e. The summed E-state index contributed by atoms with van der Waals surface area (Å²) in [5.41, 5.74) is 0.977. The molecular formula is C18H16ClN3O4S2. The van der Waals surface area contributed by atoms with Gasteiger partial charge in [-0.25, -0.2) is 13.6 Å². The molecule has 0 aliphatic carbocycles. The molecule has 2 amide bonds. The van der Waals surface area contributed by atoms with E-state index in [9.17, 15) is 18.0 Å². The second-order valence-corrected chi connectivity index (χ2v) is 9.02. The molecule has 1 heterocycles. The van der Waals surface area contributed by atoms with Gasteiger partial charge in [0.05, 0.1) is 17.3 Å². The first-order chi connectivity index (χ1) is 13.2. The molecular weight excluding hydrogens is 422 g/mol. The number of carbonyl (C=O) groups excluding carboxylic acids is 2. The lowest BCUT2D eigenvalue weighted by molar-refractivity contribution is -0.115. The molecule has 0 unspecified atom stereocenters. The van der Waals surface area contributed by atoms with Crippen LogP contribution in [0.25, 0.3) is 10.1 Å². The Hall–Kier alpha value is -2.46. The topological polar surface area (TPSA) is 118 Å². The van der Waals surface area contributed by atoms with Crippen molar-refractivity contribution in [2.24, 2.45) is 5.14 Å². The van der Waals surface area contributed by atoms with Crippen molar-refractivity contribution in [2.75, 3.05) is 11.9 Å². The van der Waals surface area contributed by atoms with Crippen LogP contribution in [0.2, 0.25) is 5.02 Å². The first-order valence-electron chi connectivity index (χ1n) is 8.07. The van der Waals surface area contributed by atoms with Crippen molar-refractivity contribution in [1.82, 2.24) is 5.32 Å². The zero-order valence-corrected chi connectivity index (χ0v) is 16.8. The summed E-state index contributed by atoms with van der Waals surface area (Å²) in [5, 5.41) is 11.3. The molecule has 0 aliphatic rings. The Balaban J connectivity index is 1.57. The van der Waals surface area contributed by atoms with E-state index in [0.717, 1.165) is 10.1 Å². The summed E-state index contributed by atoms with van der Waals surface area (Å²) in [6.07, 6.45) is 0. The lowest BCUT2D eigenvalue weighted by Gasteiger charge is -2.07. The molecule has 0 saturated heterocycles. The lowest BCUT2D eigenvalue weighted by atomic mass is 10.2. The number of hydrogen-bond donors (Lipinski definition) is 3. The largest absolute Gasteiger partial charge is 0.342 e. The van der Waals surface area contributed by atoms with E-state index in [-0.39, 0.29) is 12.3 Å². The maximum absolute atomic E-state index is 12.3. The first kappa shape index (κ1) is 20.3. The molecule has 0 atom stereocenters. The third-order valence-corrected chi connectivity index (χ3v) is 6.17. The van der Waals surface area contributed by atoms with Gasteiger partial charge in [-0.1, -0.05) is 41.9 Å². The van der Waals surface area contributed by atoms with Gasteiger partial charge in [0.15, 0.2) is 0 Å². The monoisotopic (exact) mass is 437 g/mol. The van der Waals surface area contributed by atoms with Gasteiger partial charge in [0.25, 0.3) is 5.91 Å². The number of hydrogen-bond acceptors (Lipinski definition) is 5. The molecule has 2 aromatic carbocycles. The molecule has 4 N–H and O–H groups in total. The van der Waals surface area contributed by atoms with E-state index in [0.29, 0.717) is 21.2 Å². The minimum atomic E-state index is -3.62. The highest BCUT2D eigenvalue weighted by molar-refractivity contribution is 7.88. The van der Waals surface area contributed by atoms with Crippen LogP contribution < -0.4 is 15.8 Å². The van der Waals surface area contributed by atoms with E-state index in [1.165, 1.54) is 11.3 Å². The minimum Gasteiger partial charge on any atom is -0.342 e. The van der Waals surface area contributed by atoms with Crippen LogP contribution in [0, 0.1) is 0 Å². The molecule has 3 rings (SSSR count). The van der Waals surface area contributed by atoms with Crippen molar-refractivity contribution in [3.8, 4) is 0 Å². The normalized spacial score (nSPS) is 11.4. The summed E-state index contributed by atoms with van der Waals surface area (Å²) in [4.78, 5) is 24.7. The Morgan fingerprint density at radius 1 is 1.07 bits per heavy atom. The second-order valence-electron chi connectivity index (χ2n) is 5.98. The van der Waals surface area contributed by atoms with Crippen molar-refractivity contribution >= 4 is 60.5 Å². The number of nitrogens with two attached hydrogens (primary N) is 1. The number of fused-ring (bicyclic) bond motifs is 1. The smallest absolute Gasteiger partial charge is 0.263 e. The Kier molecular flexibility index (Phi) is 5.99. The zero-order valence-electron chi connectivity index (χ0n) is 14.4. The number of carbonyl (C=O) groups is 2. The Morgan fingerprint density at radius 2 is 1.75 bits per heavy atom. The highest BCUT2D eigenvalue weighted by atomic mass is 35.5. The van der Waals surface area contributed by atoms with Gasteiger partial charge in [-0.3, -0.25) is 9.59 Å². The number of benzene rings is 2. The fourth-order valence-corrected chi connectivity index (χ4v) is 4.61. The van der Waals surface area contributed by atoms with Crippen LogP contribution in [0.4, 0.5) is 5.69 Å². The summed E-state index contributed by atoms with van der Waals surface area (Å²) >= 11 is 7.51. The van der Waals surface area contributed by atoms with Crippen molar-refractivity contribution in [3.05, 3.63) is 64.0 Å². The first-order valence-corrected chi connectivity index (χ1v) is 11.0. The number of rotatable bonds is 6. The fourth-order valence-electron chi connectivity index (χ4n) is 2.52. The average Bonchev–Trinajstić information content (AvgIpc) is 2.97. The predicted octanol–water partition coefficient (Wildman–Crippen LogP) is 2.71. The van der Waals surface area contributed by atoms with Gasteiger partial charge < -0.3 is 10.6 Å². The minimum absolute atomic E-state index is 0.234. The standard InChI is InChI=1S/C18H16ClN3O4S2/c19-16-13-3-1-2-4-14(13)27-17(16)18(24)21-9-15(23)22-12-7-5-11(6-8-12)10-28(20,25)26/h1-8H,9-10H2,(H,21,24)(H,22,23)(H2,20,25,26). The van der Waals surface area contributed by atoms with E-state index in [1.54, 1.807) is 24.3 Å². The second kappa shape index (κ2) is 8.27. The molecule has 10 heteroatoms. The molecule has 0 fully saturated rings. The Morgan fingerprint density at radius 3 is 2.39 bits per heavy atom. The van der Waals surface area contributed by atoms with Gasteiger partial charge >= 0.3 is 0 Å². The van der Waals surface area contributed by atoms with Crippen LogP contribution in [0.1, 0.15) is 15.2 Å². The van der Waals surface area contributed by atoms with Gasteiger partial charge in [0.1, 0.15) is 4.88 Å². The summed E-state index contributed by atoms with van der Waals surface area (Å²) in [6.45, 7) is -0.234. The van der Waals surface area contributed by atoms with E-state index < -0.39 is 21.8 Å². The molecule has 0 saturated carbocycles. The number of nitrogens with one attached hydrogen (secondary N) is 2. The van der Waals surface area contributed by atoms with Crippen molar-refractivity contribution < 1.29 is 18.0 Å². The number of amides is 2. The van der Waals surface area contributed by atoms with Crippen LogP contribution in [-0.4, -0.2) is 26.8 Å². The predicted molar refractivity (Wildman–Crippen MR) is 111 cm³/mol. The molecule has 0 radical (unpaired) electrons. The number of primary sulfonamides is 1. The third-order valence-electron chi connectivity index (χ3n) is 3.76. The molecule has 0 spiro atoms. The molecule has 28 heavy (non-hydrogen) atoms. The number of thiophene rings is 1. The molecule has 146 valence electrons. The van der Waals surface area contributed by atoms with Gasteiger partial charge in [-0.15, -0.1) is 11.3 Å². The van der Waals surface area contributed by atoms with Crippen LogP contribution in [0.15, 0.2) is 48.5 Å². The van der Waals surface area contributed by atoms with E-state index in [1.807, 2.05) is 24.3 Å². The number of halogens is 1. The maximum atomic E-state index is 12.3. The van der Waals surface area contributed by atoms with Crippen molar-refractivity contribution in [2.45, 2.75) is 5.75 Å². The van der Waals surface area contributed by atoms with Gasteiger partial charge in [0, 0.05) is 15.8 Å². The van der Waals surface area contributed by atoms with Gasteiger partial charge in [-0.05, 0) is 23.8 Å². The zero-order chi connectivity index (χ0) is 20.3. The van der Waals surface area contributed by atoms with E-state index in [4.69, 9.17) is 16.7 Å². The quantitative estimate of drug-likeness (QED) is 0.549. The third kappa shape index (κ3) is 5.08. The fraction of sp³-hybridized carbons (Fsp3) is 0.111. The van der Waals surface area contributed by atoms with Crippen LogP contribution in [0.5, 0.6) is 0 Å². The van der Waals surface area contributed by atoms with E-state index in [2.05, 4.69) is 10.6 Å². The van der Waals surface area contributed by atoms with Crippen LogP contribution in [-0.2, 0) is 20.6 Å². The Labute approximate surface area is 170 Å². The van der Waals surface area contributed by atoms with Crippen molar-refractivity contribution in [3.63, 3.8) is 0 Å². The van der Waals surface area contributed by atoms with E-state index >= 15 is 0 Å². The van der Waals surface area contributed by atoms with Gasteiger partial charge in [0.2, 0.25) is 15.9 Å². The highest BCUT2D eigenvalue weighted by Crippen LogP contribution is 2.34. The lowest BCUT2D eigenvalue weighted by Crippen LogP contribution is -2.32. The van der Waals surface area contributed by atoms with Crippen LogP contribution >= 0.6 is 22.9 Å². The number of sulfonamides is 1. The molecule has 7 nitrogen and oxygen atoms in total. The summed E-state index contributed by atoms with van der Waals surface area (Å²) in [5.74, 6) is -1.14. The van der Waals surface area contributed by atoms with Crippen LogP contribution in [0.3, 0.4) is 0 Å². The molecule has 3 aromatic rings. The molecule has 0 bridgehead atoms. The molecule has 0 aliphatic heterocycles. The average molecular weight is 438 g/mol. The summed E-state index contributed by atoms with van der Waals surface area (Å²) in [6, 6.07) is 13.6. The number of anilines is 1. The Bertz CT molecular complexity index is 1140. The summed E-state index contributed by atoms with van der Waals surface area (Å²) < 4.78 is 23.0. The molecule has 1 aromatic heterocycles. The highest BCUT2D eigenvalue weighted by Gasteiger charge is 2.17. The van der Waals surface area contributed by atoms with Gasteiger partial charge in [-0.2, -0.15) is 0 Å².